The molecular weight excluding hydrogens is 224 g/mol. The number of carbonyl (C=O) groups excluding carboxylic acids is 1. The molecule has 0 rings (SSSR count). The quantitative estimate of drug-likeness (QED) is 0.358. The summed E-state index contributed by atoms with van der Waals surface area (Å²) >= 11 is 0. The maximum absolute atomic E-state index is 11.4. The highest BCUT2D eigenvalue weighted by Crippen LogP contribution is 2.09. The molecule has 0 atom stereocenters. The molecule has 108 valence electrons. The van der Waals surface area contributed by atoms with Crippen LogP contribution in [-0.4, -0.2) is 12.6 Å². The lowest BCUT2D eigenvalue weighted by Gasteiger charge is -2.06. The molecule has 2 nitrogen and oxygen atoms in total. The van der Waals surface area contributed by atoms with E-state index in [0.717, 1.165) is 18.8 Å². The highest BCUT2D eigenvalue weighted by Gasteiger charge is 2.02. The van der Waals surface area contributed by atoms with Crippen molar-refractivity contribution in [3.05, 3.63) is 0 Å². The van der Waals surface area contributed by atoms with E-state index in [-0.39, 0.29) is 5.97 Å². The Morgan fingerprint density at radius 3 is 2.28 bits per heavy atom. The highest BCUT2D eigenvalue weighted by atomic mass is 16.5. The van der Waals surface area contributed by atoms with Crippen LogP contribution in [0.15, 0.2) is 0 Å². The van der Waals surface area contributed by atoms with Crippen LogP contribution < -0.4 is 0 Å². The normalized spacial score (nSPS) is 10.9. The van der Waals surface area contributed by atoms with Crippen molar-refractivity contribution in [2.24, 2.45) is 5.92 Å². The van der Waals surface area contributed by atoms with Crippen LogP contribution in [0.2, 0.25) is 0 Å². The van der Waals surface area contributed by atoms with Gasteiger partial charge >= 0.3 is 5.97 Å². The third-order valence-electron chi connectivity index (χ3n) is 3.17. The molecule has 0 amide bonds. The smallest absolute Gasteiger partial charge is 0.305 e. The fourth-order valence-electron chi connectivity index (χ4n) is 1.96. The summed E-state index contributed by atoms with van der Waals surface area (Å²) in [5, 5.41) is 0. The van der Waals surface area contributed by atoms with Crippen molar-refractivity contribution in [1.29, 1.82) is 0 Å². The zero-order chi connectivity index (χ0) is 13.6. The summed E-state index contributed by atoms with van der Waals surface area (Å²) in [6.45, 7) is 7.28. The van der Waals surface area contributed by atoms with Gasteiger partial charge < -0.3 is 4.74 Å². The van der Waals surface area contributed by atoms with E-state index in [1.165, 1.54) is 44.9 Å². The Morgan fingerprint density at radius 1 is 0.944 bits per heavy atom. The van der Waals surface area contributed by atoms with Crippen molar-refractivity contribution in [3.8, 4) is 0 Å². The van der Waals surface area contributed by atoms with Gasteiger partial charge in [0, 0.05) is 6.42 Å². The van der Waals surface area contributed by atoms with Crippen LogP contribution in [0.5, 0.6) is 0 Å². The molecule has 0 aromatic rings. The first kappa shape index (κ1) is 17.5. The summed E-state index contributed by atoms with van der Waals surface area (Å²) in [6.07, 6.45) is 11.3. The Bertz CT molecular complexity index is 188. The van der Waals surface area contributed by atoms with Gasteiger partial charge in [-0.2, -0.15) is 0 Å². The summed E-state index contributed by atoms with van der Waals surface area (Å²) in [5.41, 5.74) is 0. The maximum atomic E-state index is 11.4. The lowest BCUT2D eigenvalue weighted by molar-refractivity contribution is -0.143. The molecule has 0 spiro atoms. The third kappa shape index (κ3) is 13.5. The molecule has 0 N–H and O–H groups in total. The van der Waals surface area contributed by atoms with Crippen LogP contribution in [0.4, 0.5) is 0 Å². The van der Waals surface area contributed by atoms with E-state index in [1.54, 1.807) is 0 Å². The first-order chi connectivity index (χ1) is 8.66. The molecule has 0 aromatic heterocycles. The number of unbranched alkanes of at least 4 members (excludes halogenated alkanes) is 6. The number of hydrogen-bond donors (Lipinski definition) is 0. The standard InChI is InChI=1S/C16H32O2/c1-4-5-6-7-8-9-13-16(17)18-14-11-10-12-15(2)3/h15H,4-14H2,1-3H3. The van der Waals surface area contributed by atoms with Gasteiger partial charge in [-0.3, -0.25) is 4.79 Å². The van der Waals surface area contributed by atoms with Gasteiger partial charge in [-0.05, 0) is 25.2 Å². The van der Waals surface area contributed by atoms with Gasteiger partial charge in [-0.25, -0.2) is 0 Å². The van der Waals surface area contributed by atoms with Crippen molar-refractivity contribution >= 4 is 5.97 Å². The van der Waals surface area contributed by atoms with Crippen molar-refractivity contribution in [1.82, 2.24) is 0 Å². The van der Waals surface area contributed by atoms with Crippen LogP contribution in [0.25, 0.3) is 0 Å². The van der Waals surface area contributed by atoms with Crippen LogP contribution in [0.3, 0.4) is 0 Å². The van der Waals surface area contributed by atoms with E-state index in [2.05, 4.69) is 20.8 Å². The van der Waals surface area contributed by atoms with Crippen LogP contribution >= 0.6 is 0 Å². The molecule has 0 unspecified atom stereocenters. The zero-order valence-corrected chi connectivity index (χ0v) is 12.7. The van der Waals surface area contributed by atoms with Gasteiger partial charge in [0.05, 0.1) is 6.61 Å². The van der Waals surface area contributed by atoms with Crippen LogP contribution in [-0.2, 0) is 9.53 Å². The molecule has 0 aromatic carbocycles. The van der Waals surface area contributed by atoms with E-state index in [9.17, 15) is 4.79 Å². The molecule has 2 heteroatoms. The average Bonchev–Trinajstić information content (AvgIpc) is 2.33. The van der Waals surface area contributed by atoms with E-state index >= 15 is 0 Å². The summed E-state index contributed by atoms with van der Waals surface area (Å²) in [7, 11) is 0. The minimum atomic E-state index is -0.00459. The second-order valence-electron chi connectivity index (χ2n) is 5.63. The number of rotatable bonds is 12. The van der Waals surface area contributed by atoms with Gasteiger partial charge in [-0.15, -0.1) is 0 Å². The van der Waals surface area contributed by atoms with E-state index in [4.69, 9.17) is 4.74 Å². The summed E-state index contributed by atoms with van der Waals surface area (Å²) < 4.78 is 5.21. The molecule has 0 fully saturated rings. The van der Waals surface area contributed by atoms with Gasteiger partial charge in [0.25, 0.3) is 0 Å². The monoisotopic (exact) mass is 256 g/mol. The van der Waals surface area contributed by atoms with Gasteiger partial charge in [-0.1, -0.05) is 59.3 Å². The fraction of sp³-hybridized carbons (Fsp3) is 0.938. The molecule has 18 heavy (non-hydrogen) atoms. The van der Waals surface area contributed by atoms with Gasteiger partial charge in [0.1, 0.15) is 0 Å². The molecular formula is C16H32O2. The maximum Gasteiger partial charge on any atom is 0.305 e. The minimum absolute atomic E-state index is 0.00459. The topological polar surface area (TPSA) is 26.3 Å². The SMILES string of the molecule is CCCCCCCCC(=O)OCCCCC(C)C. The summed E-state index contributed by atoms with van der Waals surface area (Å²) in [5.74, 6) is 0.749. The predicted molar refractivity (Wildman–Crippen MR) is 77.6 cm³/mol. The summed E-state index contributed by atoms with van der Waals surface area (Å²) in [6, 6.07) is 0. The Hall–Kier alpha value is -0.530. The zero-order valence-electron chi connectivity index (χ0n) is 12.7. The van der Waals surface area contributed by atoms with Gasteiger partial charge in [0.15, 0.2) is 0 Å². The number of ether oxygens (including phenoxy) is 1. The van der Waals surface area contributed by atoms with Crippen LogP contribution in [0, 0.1) is 5.92 Å². The number of hydrogen-bond acceptors (Lipinski definition) is 2. The van der Waals surface area contributed by atoms with E-state index in [0.29, 0.717) is 13.0 Å². The predicted octanol–water partition coefficient (Wildman–Crippen LogP) is 5.11. The van der Waals surface area contributed by atoms with Crippen molar-refractivity contribution in [2.45, 2.75) is 85.0 Å². The Morgan fingerprint density at radius 2 is 1.61 bits per heavy atom. The number of carbonyl (C=O) groups is 1. The lowest BCUT2D eigenvalue weighted by atomic mass is 10.1. The molecule has 0 aliphatic carbocycles. The number of esters is 1. The highest BCUT2D eigenvalue weighted by molar-refractivity contribution is 5.69. The van der Waals surface area contributed by atoms with E-state index in [1.807, 2.05) is 0 Å². The molecule has 0 aliphatic heterocycles. The average molecular weight is 256 g/mol. The molecule has 0 saturated heterocycles. The second kappa shape index (κ2) is 12.9. The largest absolute Gasteiger partial charge is 0.466 e. The Labute approximate surface area is 113 Å². The first-order valence-corrected chi connectivity index (χ1v) is 7.82. The molecule has 0 saturated carbocycles. The van der Waals surface area contributed by atoms with Crippen molar-refractivity contribution in [3.63, 3.8) is 0 Å². The van der Waals surface area contributed by atoms with Crippen LogP contribution in [0.1, 0.15) is 85.0 Å². The summed E-state index contributed by atoms with van der Waals surface area (Å²) in [4.78, 5) is 11.4. The second-order valence-corrected chi connectivity index (χ2v) is 5.63. The fourth-order valence-corrected chi connectivity index (χ4v) is 1.96. The Balaban J connectivity index is 3.17. The lowest BCUT2D eigenvalue weighted by Crippen LogP contribution is -2.05. The molecule has 0 aliphatic rings. The van der Waals surface area contributed by atoms with Crippen molar-refractivity contribution in [2.75, 3.05) is 6.61 Å². The third-order valence-corrected chi connectivity index (χ3v) is 3.17. The molecule has 0 heterocycles. The van der Waals surface area contributed by atoms with Crippen molar-refractivity contribution < 1.29 is 9.53 Å². The molecule has 0 bridgehead atoms. The minimum Gasteiger partial charge on any atom is -0.466 e. The van der Waals surface area contributed by atoms with E-state index < -0.39 is 0 Å². The first-order valence-electron chi connectivity index (χ1n) is 7.82. The van der Waals surface area contributed by atoms with Gasteiger partial charge in [0.2, 0.25) is 0 Å². The Kier molecular flexibility index (Phi) is 12.5. The molecule has 0 radical (unpaired) electrons.